The number of thiazole rings is 1. The van der Waals surface area contributed by atoms with Crippen molar-refractivity contribution in [2.24, 2.45) is 0 Å². The van der Waals surface area contributed by atoms with Crippen LogP contribution in [0.4, 0.5) is 0 Å². The van der Waals surface area contributed by atoms with Crippen LogP contribution >= 0.6 is 34.5 Å². The topological polar surface area (TPSA) is 24.9 Å². The van der Waals surface area contributed by atoms with Crippen molar-refractivity contribution < 1.29 is 0 Å². The molecule has 0 bridgehead atoms. The molecule has 1 atom stereocenters. The van der Waals surface area contributed by atoms with E-state index in [0.717, 1.165) is 17.8 Å². The molecule has 0 aliphatic carbocycles. The van der Waals surface area contributed by atoms with Crippen LogP contribution in [-0.4, -0.2) is 11.5 Å². The van der Waals surface area contributed by atoms with Crippen LogP contribution in [0, 0.1) is 6.92 Å². The summed E-state index contributed by atoms with van der Waals surface area (Å²) in [6.07, 6.45) is 0. The third-order valence-electron chi connectivity index (χ3n) is 2.73. The van der Waals surface area contributed by atoms with Crippen molar-refractivity contribution in [3.05, 3.63) is 49.9 Å². The van der Waals surface area contributed by atoms with Crippen molar-refractivity contribution in [1.82, 2.24) is 10.3 Å². The largest absolute Gasteiger partial charge is 0.306 e. The number of aromatic nitrogens is 1. The van der Waals surface area contributed by atoms with Gasteiger partial charge in [-0.3, -0.25) is 0 Å². The van der Waals surface area contributed by atoms with Crippen LogP contribution in [0.15, 0.2) is 23.7 Å². The number of nitrogens with zero attached hydrogens (tertiary/aromatic N) is 1. The fourth-order valence-corrected chi connectivity index (χ4v) is 3.06. The van der Waals surface area contributed by atoms with Gasteiger partial charge in [0.05, 0.1) is 27.3 Å². The van der Waals surface area contributed by atoms with E-state index in [1.54, 1.807) is 11.3 Å². The molecule has 2 rings (SSSR count). The summed E-state index contributed by atoms with van der Waals surface area (Å²) in [5, 5.41) is 4.62. The molecule has 1 unspecified atom stereocenters. The maximum absolute atomic E-state index is 6.09. The number of hydrogen-bond acceptors (Lipinski definition) is 3. The number of benzene rings is 1. The third-order valence-corrected chi connectivity index (χ3v) is 4.46. The van der Waals surface area contributed by atoms with Crippen LogP contribution in [0.1, 0.15) is 29.1 Å². The monoisotopic (exact) mass is 300 g/mol. The van der Waals surface area contributed by atoms with E-state index in [4.69, 9.17) is 23.2 Å². The van der Waals surface area contributed by atoms with E-state index in [9.17, 15) is 0 Å². The molecule has 18 heavy (non-hydrogen) atoms. The van der Waals surface area contributed by atoms with E-state index in [1.165, 1.54) is 4.88 Å². The van der Waals surface area contributed by atoms with Gasteiger partial charge in [-0.05, 0) is 31.2 Å². The molecular formula is C13H14Cl2N2S. The minimum atomic E-state index is 0.122. The van der Waals surface area contributed by atoms with Crippen LogP contribution in [0.5, 0.6) is 0 Å². The SMILES string of the molecule is CCNC(c1ccc(Cl)c(Cl)c1)c1scnc1C. The number of halogens is 2. The standard InChI is InChI=1S/C13H14Cl2N2S/c1-3-16-12(13-8(2)17-7-18-13)9-4-5-10(14)11(15)6-9/h4-7,12,16H,3H2,1-2H3. The Morgan fingerprint density at radius 2 is 2.11 bits per heavy atom. The molecule has 0 amide bonds. The predicted octanol–water partition coefficient (Wildman–Crippen LogP) is 4.46. The summed E-state index contributed by atoms with van der Waals surface area (Å²) in [5.41, 5.74) is 4.03. The smallest absolute Gasteiger partial charge is 0.0798 e. The average Bonchev–Trinajstić information content (AvgIpc) is 2.76. The lowest BCUT2D eigenvalue weighted by molar-refractivity contribution is 0.635. The highest BCUT2D eigenvalue weighted by atomic mass is 35.5. The first-order chi connectivity index (χ1) is 8.63. The molecule has 0 radical (unpaired) electrons. The molecule has 0 aliphatic heterocycles. The Balaban J connectivity index is 2.41. The summed E-state index contributed by atoms with van der Waals surface area (Å²) in [4.78, 5) is 5.52. The van der Waals surface area contributed by atoms with Crippen LogP contribution in [0.25, 0.3) is 0 Å². The molecule has 2 aromatic rings. The summed E-state index contributed by atoms with van der Waals surface area (Å²) in [5.74, 6) is 0. The van der Waals surface area contributed by atoms with Gasteiger partial charge in [-0.2, -0.15) is 0 Å². The lowest BCUT2D eigenvalue weighted by Crippen LogP contribution is -2.21. The predicted molar refractivity (Wildman–Crippen MR) is 78.8 cm³/mol. The van der Waals surface area contributed by atoms with E-state index >= 15 is 0 Å². The average molecular weight is 301 g/mol. The van der Waals surface area contributed by atoms with Crippen LogP contribution in [0.2, 0.25) is 10.0 Å². The first-order valence-corrected chi connectivity index (χ1v) is 7.35. The lowest BCUT2D eigenvalue weighted by atomic mass is 10.0. The molecule has 0 saturated carbocycles. The van der Waals surface area contributed by atoms with Crippen molar-refractivity contribution in [3.8, 4) is 0 Å². The Hall–Kier alpha value is -0.610. The van der Waals surface area contributed by atoms with Gasteiger partial charge in [-0.25, -0.2) is 4.98 Å². The van der Waals surface area contributed by atoms with E-state index in [-0.39, 0.29) is 6.04 Å². The first-order valence-electron chi connectivity index (χ1n) is 5.71. The summed E-state index contributed by atoms with van der Waals surface area (Å²) >= 11 is 13.7. The van der Waals surface area contributed by atoms with Crippen LogP contribution in [-0.2, 0) is 0 Å². The van der Waals surface area contributed by atoms with Crippen molar-refractivity contribution in [1.29, 1.82) is 0 Å². The normalized spacial score (nSPS) is 12.7. The molecule has 1 aromatic carbocycles. The highest BCUT2D eigenvalue weighted by Gasteiger charge is 2.18. The number of nitrogens with one attached hydrogen (secondary N) is 1. The Morgan fingerprint density at radius 1 is 1.33 bits per heavy atom. The molecule has 1 heterocycles. The minimum Gasteiger partial charge on any atom is -0.306 e. The quantitative estimate of drug-likeness (QED) is 0.902. The summed E-state index contributed by atoms with van der Waals surface area (Å²) in [6, 6.07) is 5.87. The maximum atomic E-state index is 6.09. The van der Waals surface area contributed by atoms with Gasteiger partial charge >= 0.3 is 0 Å². The Labute approximate surface area is 121 Å². The fraction of sp³-hybridized carbons (Fsp3) is 0.308. The zero-order valence-corrected chi connectivity index (χ0v) is 12.5. The van der Waals surface area contributed by atoms with Gasteiger partial charge < -0.3 is 5.32 Å². The second-order valence-corrected chi connectivity index (χ2v) is 5.67. The Morgan fingerprint density at radius 3 is 2.67 bits per heavy atom. The van der Waals surface area contributed by atoms with E-state index in [2.05, 4.69) is 17.2 Å². The second-order valence-electron chi connectivity index (χ2n) is 3.97. The van der Waals surface area contributed by atoms with Crippen molar-refractivity contribution >= 4 is 34.5 Å². The van der Waals surface area contributed by atoms with Gasteiger partial charge in [0.2, 0.25) is 0 Å². The molecule has 0 fully saturated rings. The Kier molecular flexibility index (Phi) is 4.62. The maximum Gasteiger partial charge on any atom is 0.0798 e. The molecule has 1 aromatic heterocycles. The number of aryl methyl sites for hydroxylation is 1. The van der Waals surface area contributed by atoms with Gasteiger partial charge in [0.15, 0.2) is 0 Å². The summed E-state index contributed by atoms with van der Waals surface area (Å²) < 4.78 is 0. The van der Waals surface area contributed by atoms with Crippen LogP contribution in [0.3, 0.4) is 0 Å². The van der Waals surface area contributed by atoms with E-state index in [1.807, 2.05) is 30.6 Å². The highest BCUT2D eigenvalue weighted by Crippen LogP contribution is 2.31. The molecule has 96 valence electrons. The highest BCUT2D eigenvalue weighted by molar-refractivity contribution is 7.09. The Bertz CT molecular complexity index is 540. The van der Waals surface area contributed by atoms with Gasteiger partial charge in [-0.1, -0.05) is 36.2 Å². The molecule has 1 N–H and O–H groups in total. The summed E-state index contributed by atoms with van der Waals surface area (Å²) in [6.45, 7) is 4.98. The van der Waals surface area contributed by atoms with E-state index < -0.39 is 0 Å². The van der Waals surface area contributed by atoms with Crippen LogP contribution < -0.4 is 5.32 Å². The minimum absolute atomic E-state index is 0.122. The second kappa shape index (κ2) is 6.02. The third kappa shape index (κ3) is 2.86. The molecule has 2 nitrogen and oxygen atoms in total. The van der Waals surface area contributed by atoms with Crippen molar-refractivity contribution in [2.45, 2.75) is 19.9 Å². The zero-order chi connectivity index (χ0) is 13.1. The molecule has 0 spiro atoms. The zero-order valence-electron chi connectivity index (χ0n) is 10.2. The molecule has 0 aliphatic rings. The van der Waals surface area contributed by atoms with Gasteiger partial charge in [0.1, 0.15) is 0 Å². The van der Waals surface area contributed by atoms with Gasteiger partial charge in [0.25, 0.3) is 0 Å². The molecule has 5 heteroatoms. The molecule has 0 saturated heterocycles. The molecular weight excluding hydrogens is 287 g/mol. The number of rotatable bonds is 4. The van der Waals surface area contributed by atoms with Crippen molar-refractivity contribution in [2.75, 3.05) is 6.54 Å². The summed E-state index contributed by atoms with van der Waals surface area (Å²) in [7, 11) is 0. The lowest BCUT2D eigenvalue weighted by Gasteiger charge is -2.18. The first kappa shape index (κ1) is 13.8. The number of hydrogen-bond donors (Lipinski definition) is 1. The van der Waals surface area contributed by atoms with Gasteiger partial charge in [-0.15, -0.1) is 11.3 Å². The van der Waals surface area contributed by atoms with Gasteiger partial charge in [0, 0.05) is 4.88 Å². The van der Waals surface area contributed by atoms with Crippen molar-refractivity contribution in [3.63, 3.8) is 0 Å². The fourth-order valence-electron chi connectivity index (χ4n) is 1.85. The van der Waals surface area contributed by atoms with E-state index in [0.29, 0.717) is 10.0 Å².